The van der Waals surface area contributed by atoms with Crippen LogP contribution in [0.2, 0.25) is 0 Å². The quantitative estimate of drug-likeness (QED) is 0.797. The summed E-state index contributed by atoms with van der Waals surface area (Å²) in [5.74, 6) is 0.497. The number of hydrogen-bond acceptors (Lipinski definition) is 7. The summed E-state index contributed by atoms with van der Waals surface area (Å²) in [5, 5.41) is 0. The first-order chi connectivity index (χ1) is 8.78. The van der Waals surface area contributed by atoms with E-state index in [9.17, 15) is 0 Å². The van der Waals surface area contributed by atoms with Crippen LogP contribution in [-0.2, 0) is 4.74 Å². The zero-order valence-electron chi connectivity index (χ0n) is 10.5. The summed E-state index contributed by atoms with van der Waals surface area (Å²) in [6.07, 6.45) is 1.88. The van der Waals surface area contributed by atoms with Gasteiger partial charge < -0.3 is 19.9 Å². The van der Waals surface area contributed by atoms with Gasteiger partial charge in [0.15, 0.2) is 0 Å². The average molecular weight is 254 g/mol. The first kappa shape index (κ1) is 12.8. The van der Waals surface area contributed by atoms with Crippen molar-refractivity contribution in [2.75, 3.05) is 32.2 Å². The number of anilines is 1. The molecule has 1 fully saturated rings. The van der Waals surface area contributed by atoms with E-state index in [1.54, 1.807) is 0 Å². The number of hydrogen-bond donors (Lipinski definition) is 1. The van der Waals surface area contributed by atoms with Gasteiger partial charge in [0.1, 0.15) is 0 Å². The molecule has 1 atom stereocenters. The molecule has 1 saturated heterocycles. The molecule has 1 aliphatic rings. The van der Waals surface area contributed by atoms with Gasteiger partial charge in [0.25, 0.3) is 0 Å². The third-order valence-electron chi connectivity index (χ3n) is 2.52. The van der Waals surface area contributed by atoms with Crippen molar-refractivity contribution < 1.29 is 14.2 Å². The van der Waals surface area contributed by atoms with E-state index in [2.05, 4.69) is 15.0 Å². The minimum absolute atomic E-state index is 0.105. The number of aromatic nitrogens is 3. The second kappa shape index (κ2) is 6.34. The minimum Gasteiger partial charge on any atom is -0.463 e. The van der Waals surface area contributed by atoms with Gasteiger partial charge in [-0.25, -0.2) is 0 Å². The molecule has 0 amide bonds. The lowest BCUT2D eigenvalue weighted by Crippen LogP contribution is -2.14. The monoisotopic (exact) mass is 254 g/mol. The molecule has 2 rings (SSSR count). The highest BCUT2D eigenvalue weighted by atomic mass is 16.5. The molecular weight excluding hydrogens is 236 g/mol. The fourth-order valence-corrected chi connectivity index (χ4v) is 1.58. The van der Waals surface area contributed by atoms with Crippen LogP contribution >= 0.6 is 0 Å². The molecule has 2 heterocycles. The van der Waals surface area contributed by atoms with E-state index >= 15 is 0 Å². The molecule has 1 aromatic rings. The Morgan fingerprint density at radius 2 is 2.06 bits per heavy atom. The van der Waals surface area contributed by atoms with E-state index in [0.717, 1.165) is 26.1 Å². The van der Waals surface area contributed by atoms with Crippen molar-refractivity contribution in [3.8, 4) is 12.0 Å². The number of nitrogen functional groups attached to an aromatic ring is 1. The molecule has 0 saturated carbocycles. The summed E-state index contributed by atoms with van der Waals surface area (Å²) in [6, 6.07) is 0.419. The smallest absolute Gasteiger partial charge is 0.324 e. The van der Waals surface area contributed by atoms with Gasteiger partial charge in [0.2, 0.25) is 5.95 Å². The van der Waals surface area contributed by atoms with E-state index in [1.807, 2.05) is 6.92 Å². The van der Waals surface area contributed by atoms with Gasteiger partial charge in [-0.3, -0.25) is 0 Å². The van der Waals surface area contributed by atoms with E-state index in [1.165, 1.54) is 0 Å². The summed E-state index contributed by atoms with van der Waals surface area (Å²) >= 11 is 0. The Morgan fingerprint density at radius 1 is 1.28 bits per heavy atom. The van der Waals surface area contributed by atoms with Crippen LogP contribution in [0.15, 0.2) is 0 Å². The molecule has 7 nitrogen and oxygen atoms in total. The summed E-state index contributed by atoms with van der Waals surface area (Å²) in [5.41, 5.74) is 5.57. The Bertz CT molecular complexity index is 383. The first-order valence-corrected chi connectivity index (χ1v) is 6.13. The van der Waals surface area contributed by atoms with Crippen LogP contribution < -0.4 is 15.2 Å². The van der Waals surface area contributed by atoms with Crippen LogP contribution in [0.25, 0.3) is 0 Å². The zero-order chi connectivity index (χ0) is 12.8. The Labute approximate surface area is 106 Å². The van der Waals surface area contributed by atoms with Crippen molar-refractivity contribution in [3.63, 3.8) is 0 Å². The maximum Gasteiger partial charge on any atom is 0.324 e. The maximum atomic E-state index is 5.57. The van der Waals surface area contributed by atoms with Crippen LogP contribution in [0, 0.1) is 5.92 Å². The molecule has 18 heavy (non-hydrogen) atoms. The predicted molar refractivity (Wildman–Crippen MR) is 64.4 cm³/mol. The van der Waals surface area contributed by atoms with Gasteiger partial charge >= 0.3 is 12.0 Å². The standard InChI is InChI=1S/C11H18N4O3/c1-2-4-17-10-13-9(12)14-11(15-10)18-7-8-3-5-16-6-8/h8H,2-7H2,1H3,(H2,12,13,14,15). The Hall–Kier alpha value is -1.63. The molecule has 1 unspecified atom stereocenters. The number of ether oxygens (including phenoxy) is 3. The minimum atomic E-state index is 0.105. The van der Waals surface area contributed by atoms with Gasteiger partial charge in [0, 0.05) is 12.5 Å². The van der Waals surface area contributed by atoms with Crippen molar-refractivity contribution in [2.24, 2.45) is 5.92 Å². The van der Waals surface area contributed by atoms with Crippen LogP contribution in [0.5, 0.6) is 12.0 Å². The highest BCUT2D eigenvalue weighted by Crippen LogP contribution is 2.15. The fraction of sp³-hybridized carbons (Fsp3) is 0.727. The normalized spacial score (nSPS) is 18.8. The SMILES string of the molecule is CCCOc1nc(N)nc(OCC2CCOC2)n1. The Morgan fingerprint density at radius 3 is 2.72 bits per heavy atom. The van der Waals surface area contributed by atoms with E-state index in [4.69, 9.17) is 19.9 Å². The van der Waals surface area contributed by atoms with Gasteiger partial charge in [-0.1, -0.05) is 6.92 Å². The van der Waals surface area contributed by atoms with Crippen molar-refractivity contribution >= 4 is 5.95 Å². The van der Waals surface area contributed by atoms with Crippen LogP contribution in [-0.4, -0.2) is 41.4 Å². The lowest BCUT2D eigenvalue weighted by atomic mass is 10.1. The predicted octanol–water partition coefficient (Wildman–Crippen LogP) is 0.658. The van der Waals surface area contributed by atoms with Gasteiger partial charge in [-0.2, -0.15) is 9.97 Å². The highest BCUT2D eigenvalue weighted by molar-refractivity contribution is 5.20. The average Bonchev–Trinajstić information content (AvgIpc) is 2.86. The molecule has 0 bridgehead atoms. The number of rotatable bonds is 6. The third-order valence-corrected chi connectivity index (χ3v) is 2.52. The molecule has 0 aromatic carbocycles. The van der Waals surface area contributed by atoms with Crippen LogP contribution in [0.1, 0.15) is 19.8 Å². The van der Waals surface area contributed by atoms with Crippen LogP contribution in [0.3, 0.4) is 0 Å². The Kier molecular flexibility index (Phi) is 4.52. The van der Waals surface area contributed by atoms with Crippen molar-refractivity contribution in [1.82, 2.24) is 15.0 Å². The molecule has 1 aliphatic heterocycles. The second-order valence-electron chi connectivity index (χ2n) is 4.15. The highest BCUT2D eigenvalue weighted by Gasteiger charge is 2.17. The second-order valence-corrected chi connectivity index (χ2v) is 4.15. The fourth-order valence-electron chi connectivity index (χ4n) is 1.58. The summed E-state index contributed by atoms with van der Waals surface area (Å²) in [7, 11) is 0. The van der Waals surface area contributed by atoms with E-state index in [0.29, 0.717) is 19.1 Å². The summed E-state index contributed by atoms with van der Waals surface area (Å²) in [6.45, 7) is 4.58. The van der Waals surface area contributed by atoms with Crippen molar-refractivity contribution in [3.05, 3.63) is 0 Å². The molecule has 7 heteroatoms. The zero-order valence-corrected chi connectivity index (χ0v) is 10.5. The van der Waals surface area contributed by atoms with E-state index < -0.39 is 0 Å². The summed E-state index contributed by atoms with van der Waals surface area (Å²) in [4.78, 5) is 11.8. The Balaban J connectivity index is 1.91. The number of nitrogens with zero attached hydrogens (tertiary/aromatic N) is 3. The van der Waals surface area contributed by atoms with Crippen molar-refractivity contribution in [2.45, 2.75) is 19.8 Å². The van der Waals surface area contributed by atoms with Gasteiger partial charge in [-0.05, 0) is 12.8 Å². The van der Waals surface area contributed by atoms with Crippen LogP contribution in [0.4, 0.5) is 5.95 Å². The lowest BCUT2D eigenvalue weighted by Gasteiger charge is -2.09. The largest absolute Gasteiger partial charge is 0.463 e. The molecular formula is C11H18N4O3. The van der Waals surface area contributed by atoms with Crippen molar-refractivity contribution in [1.29, 1.82) is 0 Å². The van der Waals surface area contributed by atoms with Gasteiger partial charge in [-0.15, -0.1) is 4.98 Å². The summed E-state index contributed by atoms with van der Waals surface area (Å²) < 4.78 is 16.1. The van der Waals surface area contributed by atoms with E-state index in [-0.39, 0.29) is 18.0 Å². The first-order valence-electron chi connectivity index (χ1n) is 6.13. The molecule has 2 N–H and O–H groups in total. The maximum absolute atomic E-state index is 5.57. The molecule has 100 valence electrons. The van der Waals surface area contributed by atoms with Gasteiger partial charge in [0.05, 0.1) is 19.8 Å². The number of nitrogens with two attached hydrogens (primary N) is 1. The lowest BCUT2D eigenvalue weighted by molar-refractivity contribution is 0.162. The third kappa shape index (κ3) is 3.69. The molecule has 0 spiro atoms. The topological polar surface area (TPSA) is 92.4 Å². The molecule has 0 radical (unpaired) electrons. The molecule has 0 aliphatic carbocycles. The molecule has 1 aromatic heterocycles.